The van der Waals surface area contributed by atoms with Gasteiger partial charge in [0, 0.05) is 12.7 Å². The Morgan fingerprint density at radius 3 is 2.84 bits per heavy atom. The van der Waals surface area contributed by atoms with Gasteiger partial charge in [0.15, 0.2) is 11.5 Å². The Hall–Kier alpha value is -2.50. The van der Waals surface area contributed by atoms with E-state index in [-0.39, 0.29) is 11.5 Å². The summed E-state index contributed by atoms with van der Waals surface area (Å²) in [5.41, 5.74) is 0.708. The van der Waals surface area contributed by atoms with Crippen LogP contribution in [0.5, 0.6) is 0 Å². The second kappa shape index (κ2) is 5.43. The second-order valence-corrected chi connectivity index (χ2v) is 3.79. The molecule has 5 nitrogen and oxygen atoms in total. The van der Waals surface area contributed by atoms with Crippen LogP contribution < -0.4 is 4.90 Å². The number of halogens is 1. The maximum Gasteiger partial charge on any atom is 0.358 e. The molecule has 1 aromatic carbocycles. The number of carbonyl (C=O) groups is 1. The fourth-order valence-electron chi connectivity index (χ4n) is 1.54. The number of benzene rings is 1. The van der Waals surface area contributed by atoms with Crippen LogP contribution in [0.2, 0.25) is 0 Å². The Bertz CT molecular complexity index is 604. The first-order chi connectivity index (χ1) is 9.11. The molecule has 0 fully saturated rings. The third-order valence-corrected chi connectivity index (χ3v) is 2.56. The Morgan fingerprint density at radius 2 is 2.16 bits per heavy atom. The molecular weight excluding hydrogens is 249 g/mol. The average molecular weight is 261 g/mol. The normalized spacial score (nSPS) is 10.1. The van der Waals surface area contributed by atoms with E-state index in [2.05, 4.69) is 14.7 Å². The Balaban J connectivity index is 2.34. The summed E-state index contributed by atoms with van der Waals surface area (Å²) in [6.07, 6.45) is 2.80. The van der Waals surface area contributed by atoms with Crippen molar-refractivity contribution in [3.05, 3.63) is 48.2 Å². The smallest absolute Gasteiger partial charge is 0.358 e. The highest BCUT2D eigenvalue weighted by molar-refractivity contribution is 5.87. The predicted octanol–water partition coefficient (Wildman–Crippen LogP) is 2.17. The first-order valence-corrected chi connectivity index (χ1v) is 5.51. The van der Waals surface area contributed by atoms with Crippen LogP contribution in [-0.4, -0.2) is 30.1 Å². The maximum absolute atomic E-state index is 13.2. The first-order valence-electron chi connectivity index (χ1n) is 5.51. The van der Waals surface area contributed by atoms with Gasteiger partial charge in [0.2, 0.25) is 0 Å². The topological polar surface area (TPSA) is 55.3 Å². The Labute approximate surface area is 109 Å². The molecule has 0 aliphatic heterocycles. The summed E-state index contributed by atoms with van der Waals surface area (Å²) in [5.74, 6) is -0.489. The zero-order valence-corrected chi connectivity index (χ0v) is 10.5. The van der Waals surface area contributed by atoms with E-state index >= 15 is 0 Å². The fraction of sp³-hybridized carbons (Fsp3) is 0.154. The van der Waals surface area contributed by atoms with Crippen molar-refractivity contribution in [1.29, 1.82) is 0 Å². The van der Waals surface area contributed by atoms with Crippen LogP contribution in [0.25, 0.3) is 0 Å². The van der Waals surface area contributed by atoms with E-state index in [4.69, 9.17) is 0 Å². The van der Waals surface area contributed by atoms with Gasteiger partial charge in [-0.1, -0.05) is 6.07 Å². The van der Waals surface area contributed by atoms with Crippen molar-refractivity contribution < 1.29 is 13.9 Å². The second-order valence-electron chi connectivity index (χ2n) is 3.79. The molecule has 0 spiro atoms. The molecule has 6 heteroatoms. The third kappa shape index (κ3) is 2.85. The summed E-state index contributed by atoms with van der Waals surface area (Å²) in [5, 5.41) is 0. The molecule has 0 saturated carbocycles. The number of methoxy groups -OCH3 is 1. The molecule has 0 atom stereocenters. The first kappa shape index (κ1) is 12.9. The van der Waals surface area contributed by atoms with Gasteiger partial charge in [0.05, 0.1) is 19.5 Å². The van der Waals surface area contributed by atoms with Gasteiger partial charge in [-0.05, 0) is 18.2 Å². The van der Waals surface area contributed by atoms with Crippen molar-refractivity contribution in [3.63, 3.8) is 0 Å². The summed E-state index contributed by atoms with van der Waals surface area (Å²) in [4.78, 5) is 21.0. The fourth-order valence-corrected chi connectivity index (χ4v) is 1.54. The van der Waals surface area contributed by atoms with E-state index < -0.39 is 5.97 Å². The number of aromatic nitrogens is 2. The van der Waals surface area contributed by atoms with Crippen molar-refractivity contribution in [2.24, 2.45) is 0 Å². The number of hydrogen-bond donors (Lipinski definition) is 0. The van der Waals surface area contributed by atoms with E-state index in [1.165, 1.54) is 31.6 Å². The molecule has 0 saturated heterocycles. The summed E-state index contributed by atoms with van der Waals surface area (Å²) < 4.78 is 17.7. The van der Waals surface area contributed by atoms with Crippen LogP contribution >= 0.6 is 0 Å². The van der Waals surface area contributed by atoms with Crippen LogP contribution in [0, 0.1) is 5.82 Å². The molecule has 19 heavy (non-hydrogen) atoms. The molecule has 1 aromatic heterocycles. The van der Waals surface area contributed by atoms with Crippen molar-refractivity contribution in [3.8, 4) is 0 Å². The molecule has 0 aliphatic rings. The molecule has 0 aliphatic carbocycles. The lowest BCUT2D eigenvalue weighted by atomic mass is 10.3. The third-order valence-electron chi connectivity index (χ3n) is 2.56. The largest absolute Gasteiger partial charge is 0.464 e. The average Bonchev–Trinajstić information content (AvgIpc) is 2.45. The van der Waals surface area contributed by atoms with Gasteiger partial charge in [-0.2, -0.15) is 0 Å². The summed E-state index contributed by atoms with van der Waals surface area (Å²) in [7, 11) is 2.98. The molecule has 0 radical (unpaired) electrons. The minimum Gasteiger partial charge on any atom is -0.464 e. The molecule has 2 aromatic rings. The van der Waals surface area contributed by atoms with E-state index in [0.29, 0.717) is 11.5 Å². The molecule has 2 rings (SSSR count). The van der Waals surface area contributed by atoms with Gasteiger partial charge >= 0.3 is 5.97 Å². The van der Waals surface area contributed by atoms with Gasteiger partial charge in [0.25, 0.3) is 0 Å². The highest BCUT2D eigenvalue weighted by atomic mass is 19.1. The van der Waals surface area contributed by atoms with Gasteiger partial charge in [-0.25, -0.2) is 14.2 Å². The van der Waals surface area contributed by atoms with Crippen molar-refractivity contribution >= 4 is 17.5 Å². The zero-order valence-electron chi connectivity index (χ0n) is 10.5. The van der Waals surface area contributed by atoms with E-state index in [1.807, 2.05) is 0 Å². The Kier molecular flexibility index (Phi) is 3.70. The number of anilines is 2. The summed E-state index contributed by atoms with van der Waals surface area (Å²) >= 11 is 0. The van der Waals surface area contributed by atoms with Crippen molar-refractivity contribution in [1.82, 2.24) is 9.97 Å². The van der Waals surface area contributed by atoms with Crippen LogP contribution in [0.4, 0.5) is 15.9 Å². The SMILES string of the molecule is COC(=O)c1cncc(N(C)c2cccc(F)c2)n1. The van der Waals surface area contributed by atoms with Gasteiger partial charge in [0.1, 0.15) is 5.82 Å². The molecule has 1 heterocycles. The van der Waals surface area contributed by atoms with Crippen molar-refractivity contribution in [2.45, 2.75) is 0 Å². The number of esters is 1. The highest BCUT2D eigenvalue weighted by Crippen LogP contribution is 2.21. The number of carbonyl (C=O) groups excluding carboxylic acids is 1. The van der Waals surface area contributed by atoms with Gasteiger partial charge < -0.3 is 9.64 Å². The lowest BCUT2D eigenvalue weighted by molar-refractivity contribution is 0.0593. The zero-order chi connectivity index (χ0) is 13.8. The standard InChI is InChI=1S/C13H12FN3O2/c1-17(10-5-3-4-9(14)6-10)12-8-15-7-11(16-12)13(18)19-2/h3-8H,1-2H3. The molecule has 0 amide bonds. The van der Waals surface area contributed by atoms with Crippen molar-refractivity contribution in [2.75, 3.05) is 19.1 Å². The van der Waals surface area contributed by atoms with E-state index in [0.717, 1.165) is 0 Å². The highest BCUT2D eigenvalue weighted by Gasteiger charge is 2.12. The van der Waals surface area contributed by atoms with Gasteiger partial charge in [-0.15, -0.1) is 0 Å². The minimum atomic E-state index is -0.568. The number of ether oxygens (including phenoxy) is 1. The number of rotatable bonds is 3. The number of nitrogens with zero attached hydrogens (tertiary/aromatic N) is 3. The molecular formula is C13H12FN3O2. The summed E-state index contributed by atoms with van der Waals surface area (Å²) in [6.45, 7) is 0. The predicted molar refractivity (Wildman–Crippen MR) is 67.8 cm³/mol. The minimum absolute atomic E-state index is 0.100. The quantitative estimate of drug-likeness (QED) is 0.792. The molecule has 0 bridgehead atoms. The van der Waals surface area contributed by atoms with Crippen LogP contribution in [0.3, 0.4) is 0 Å². The van der Waals surface area contributed by atoms with E-state index in [9.17, 15) is 9.18 Å². The molecule has 0 unspecified atom stereocenters. The van der Waals surface area contributed by atoms with Crippen LogP contribution in [0.15, 0.2) is 36.7 Å². The molecule has 0 N–H and O–H groups in total. The Morgan fingerprint density at radius 1 is 1.37 bits per heavy atom. The molecule has 98 valence electrons. The van der Waals surface area contributed by atoms with E-state index in [1.54, 1.807) is 24.1 Å². The van der Waals surface area contributed by atoms with Crippen LogP contribution in [0.1, 0.15) is 10.5 Å². The monoisotopic (exact) mass is 261 g/mol. The van der Waals surface area contributed by atoms with Gasteiger partial charge in [-0.3, -0.25) is 4.98 Å². The maximum atomic E-state index is 13.2. The lowest BCUT2D eigenvalue weighted by Crippen LogP contribution is -2.14. The lowest BCUT2D eigenvalue weighted by Gasteiger charge is -2.18. The number of hydrogen-bond acceptors (Lipinski definition) is 5. The summed E-state index contributed by atoms with van der Waals surface area (Å²) in [6, 6.07) is 6.05. The van der Waals surface area contributed by atoms with Crippen LogP contribution in [-0.2, 0) is 4.74 Å².